The number of ketones is 1. The van der Waals surface area contributed by atoms with Crippen LogP contribution in [0.15, 0.2) is 12.1 Å². The van der Waals surface area contributed by atoms with E-state index in [0.29, 0.717) is 12.8 Å². The molecule has 0 saturated carbocycles. The van der Waals surface area contributed by atoms with Gasteiger partial charge in [0.05, 0.1) is 5.02 Å². The van der Waals surface area contributed by atoms with E-state index in [-0.39, 0.29) is 16.4 Å². The molecule has 1 aromatic carbocycles. The Morgan fingerprint density at radius 1 is 1.33 bits per heavy atom. The molecule has 0 N–H and O–H groups in total. The fraction of sp³-hybridized carbons (Fsp3) is 0.364. The van der Waals surface area contributed by atoms with Crippen molar-refractivity contribution in [3.05, 3.63) is 34.4 Å². The topological polar surface area (TPSA) is 17.1 Å². The SMILES string of the molecule is CCCCC(=O)c1cc(F)c(F)cc1Cl. The molecule has 1 aromatic rings. The Labute approximate surface area is 92.1 Å². The number of rotatable bonds is 4. The monoisotopic (exact) mass is 232 g/mol. The van der Waals surface area contributed by atoms with Crippen LogP contribution in [0.4, 0.5) is 8.78 Å². The van der Waals surface area contributed by atoms with E-state index in [9.17, 15) is 13.6 Å². The van der Waals surface area contributed by atoms with Gasteiger partial charge in [-0.25, -0.2) is 8.78 Å². The molecule has 0 spiro atoms. The molecule has 0 amide bonds. The first kappa shape index (κ1) is 12.1. The number of hydrogen-bond donors (Lipinski definition) is 0. The number of benzene rings is 1. The fourth-order valence-corrected chi connectivity index (χ4v) is 1.46. The van der Waals surface area contributed by atoms with E-state index in [0.717, 1.165) is 18.6 Å². The van der Waals surface area contributed by atoms with Crippen LogP contribution in [0.2, 0.25) is 5.02 Å². The standard InChI is InChI=1S/C11H11ClF2O/c1-2-3-4-11(15)7-5-9(13)10(14)6-8(7)12/h5-6H,2-4H2,1H3. The van der Waals surface area contributed by atoms with Crippen molar-refractivity contribution >= 4 is 17.4 Å². The molecular formula is C11H11ClF2O. The summed E-state index contributed by atoms with van der Waals surface area (Å²) >= 11 is 5.65. The highest BCUT2D eigenvalue weighted by Gasteiger charge is 2.14. The summed E-state index contributed by atoms with van der Waals surface area (Å²) in [5, 5.41) is -0.0324. The number of hydrogen-bond acceptors (Lipinski definition) is 1. The maximum Gasteiger partial charge on any atom is 0.164 e. The molecule has 0 aromatic heterocycles. The number of carbonyl (C=O) groups excluding carboxylic acids is 1. The van der Waals surface area contributed by atoms with E-state index in [2.05, 4.69) is 0 Å². The quantitative estimate of drug-likeness (QED) is 0.567. The average molecular weight is 233 g/mol. The number of unbranched alkanes of at least 4 members (excludes halogenated alkanes) is 1. The van der Waals surface area contributed by atoms with Crippen molar-refractivity contribution in [2.45, 2.75) is 26.2 Å². The highest BCUT2D eigenvalue weighted by Crippen LogP contribution is 2.21. The summed E-state index contributed by atoms with van der Waals surface area (Å²) < 4.78 is 25.6. The third kappa shape index (κ3) is 2.99. The van der Waals surface area contributed by atoms with Gasteiger partial charge in [0, 0.05) is 12.0 Å². The molecule has 0 saturated heterocycles. The lowest BCUT2D eigenvalue weighted by molar-refractivity contribution is 0.0979. The van der Waals surface area contributed by atoms with Crippen LogP contribution in [0.3, 0.4) is 0 Å². The molecule has 0 bridgehead atoms. The Kier molecular flexibility index (Phi) is 4.21. The minimum atomic E-state index is -1.04. The largest absolute Gasteiger partial charge is 0.294 e. The predicted molar refractivity (Wildman–Crippen MR) is 55.2 cm³/mol. The zero-order valence-electron chi connectivity index (χ0n) is 8.32. The van der Waals surface area contributed by atoms with Gasteiger partial charge < -0.3 is 0 Å². The molecule has 4 heteroatoms. The van der Waals surface area contributed by atoms with Crippen LogP contribution in [0, 0.1) is 11.6 Å². The molecule has 15 heavy (non-hydrogen) atoms. The summed E-state index contributed by atoms with van der Waals surface area (Å²) in [7, 11) is 0. The summed E-state index contributed by atoms with van der Waals surface area (Å²) in [6, 6.07) is 1.69. The highest BCUT2D eigenvalue weighted by molar-refractivity contribution is 6.33. The second-order valence-electron chi connectivity index (χ2n) is 3.27. The van der Waals surface area contributed by atoms with Crippen LogP contribution in [-0.4, -0.2) is 5.78 Å². The lowest BCUT2D eigenvalue weighted by Gasteiger charge is -2.03. The first-order valence-corrected chi connectivity index (χ1v) is 5.11. The second kappa shape index (κ2) is 5.21. The molecule has 0 fully saturated rings. The zero-order chi connectivity index (χ0) is 11.4. The van der Waals surface area contributed by atoms with Crippen molar-refractivity contribution < 1.29 is 13.6 Å². The fourth-order valence-electron chi connectivity index (χ4n) is 1.21. The smallest absolute Gasteiger partial charge is 0.164 e. The Morgan fingerprint density at radius 3 is 2.53 bits per heavy atom. The summed E-state index contributed by atoms with van der Waals surface area (Å²) in [5.41, 5.74) is 0.0593. The third-order valence-corrected chi connectivity index (χ3v) is 2.38. The van der Waals surface area contributed by atoms with Crippen molar-refractivity contribution in [2.75, 3.05) is 0 Å². The Hall–Kier alpha value is -0.960. The normalized spacial score (nSPS) is 10.4. The maximum atomic E-state index is 12.9. The van der Waals surface area contributed by atoms with Crippen LogP contribution < -0.4 is 0 Å². The van der Waals surface area contributed by atoms with Crippen LogP contribution in [-0.2, 0) is 0 Å². The Morgan fingerprint density at radius 2 is 1.93 bits per heavy atom. The number of halogens is 3. The second-order valence-corrected chi connectivity index (χ2v) is 3.68. The molecule has 0 aliphatic rings. The van der Waals surface area contributed by atoms with Gasteiger partial charge in [0.1, 0.15) is 0 Å². The molecule has 1 rings (SSSR count). The molecule has 0 unspecified atom stereocenters. The van der Waals surface area contributed by atoms with Gasteiger partial charge >= 0.3 is 0 Å². The van der Waals surface area contributed by atoms with E-state index in [1.54, 1.807) is 0 Å². The van der Waals surface area contributed by atoms with E-state index < -0.39 is 11.6 Å². The highest BCUT2D eigenvalue weighted by atomic mass is 35.5. The van der Waals surface area contributed by atoms with Crippen molar-refractivity contribution in [3.63, 3.8) is 0 Å². The van der Waals surface area contributed by atoms with E-state index in [1.807, 2.05) is 6.92 Å². The van der Waals surface area contributed by atoms with Gasteiger partial charge in [0.25, 0.3) is 0 Å². The summed E-state index contributed by atoms with van der Waals surface area (Å²) in [5.74, 6) is -2.33. The minimum absolute atomic E-state index is 0.0324. The molecule has 82 valence electrons. The molecule has 0 aliphatic carbocycles. The third-order valence-electron chi connectivity index (χ3n) is 2.07. The van der Waals surface area contributed by atoms with Crippen molar-refractivity contribution in [3.8, 4) is 0 Å². The first-order chi connectivity index (χ1) is 7.06. The van der Waals surface area contributed by atoms with Gasteiger partial charge in [-0.05, 0) is 18.6 Å². The number of Topliss-reactive ketones (excluding diaryl/α,β-unsaturated/α-hetero) is 1. The number of carbonyl (C=O) groups is 1. The summed E-state index contributed by atoms with van der Waals surface area (Å²) in [4.78, 5) is 11.5. The lowest BCUT2D eigenvalue weighted by atomic mass is 10.1. The van der Waals surface area contributed by atoms with Gasteiger partial charge in [-0.1, -0.05) is 24.9 Å². The van der Waals surface area contributed by atoms with Crippen LogP contribution in [0.5, 0.6) is 0 Å². The van der Waals surface area contributed by atoms with Crippen molar-refractivity contribution in [2.24, 2.45) is 0 Å². The Bertz CT molecular complexity index is 377. The molecule has 0 heterocycles. The average Bonchev–Trinajstić information content (AvgIpc) is 2.20. The van der Waals surface area contributed by atoms with Gasteiger partial charge in [0.15, 0.2) is 17.4 Å². The first-order valence-electron chi connectivity index (χ1n) is 4.74. The molecular weight excluding hydrogens is 222 g/mol. The molecule has 0 atom stereocenters. The van der Waals surface area contributed by atoms with Gasteiger partial charge in [-0.3, -0.25) is 4.79 Å². The van der Waals surface area contributed by atoms with Gasteiger partial charge in [0.2, 0.25) is 0 Å². The van der Waals surface area contributed by atoms with Crippen LogP contribution in [0.25, 0.3) is 0 Å². The van der Waals surface area contributed by atoms with Gasteiger partial charge in [-0.15, -0.1) is 0 Å². The Balaban J connectivity index is 2.94. The van der Waals surface area contributed by atoms with E-state index in [4.69, 9.17) is 11.6 Å². The van der Waals surface area contributed by atoms with Crippen molar-refractivity contribution in [1.29, 1.82) is 0 Å². The molecule has 1 nitrogen and oxygen atoms in total. The van der Waals surface area contributed by atoms with Crippen LogP contribution >= 0.6 is 11.6 Å². The van der Waals surface area contributed by atoms with E-state index in [1.165, 1.54) is 0 Å². The summed E-state index contributed by atoms with van der Waals surface area (Å²) in [6.45, 7) is 1.94. The van der Waals surface area contributed by atoms with Gasteiger partial charge in [-0.2, -0.15) is 0 Å². The van der Waals surface area contributed by atoms with E-state index >= 15 is 0 Å². The maximum absolute atomic E-state index is 12.9. The lowest BCUT2D eigenvalue weighted by Crippen LogP contribution is -2.01. The van der Waals surface area contributed by atoms with Crippen LogP contribution in [0.1, 0.15) is 36.5 Å². The molecule has 0 aliphatic heterocycles. The van der Waals surface area contributed by atoms with Crippen molar-refractivity contribution in [1.82, 2.24) is 0 Å². The minimum Gasteiger partial charge on any atom is -0.294 e. The summed E-state index contributed by atoms with van der Waals surface area (Å²) in [6.07, 6.45) is 1.89. The predicted octanol–water partition coefficient (Wildman–Crippen LogP) is 3.99. The zero-order valence-corrected chi connectivity index (χ0v) is 9.07. The molecule has 0 radical (unpaired) electrons.